The van der Waals surface area contributed by atoms with Gasteiger partial charge >= 0.3 is 0 Å². The summed E-state index contributed by atoms with van der Waals surface area (Å²) in [5.74, 6) is -0.792. The SMILES string of the molecule is Nc1c(F)cc(F)cc1NCc1ccco1. The lowest BCUT2D eigenvalue weighted by Gasteiger charge is -2.08. The zero-order valence-electron chi connectivity index (χ0n) is 8.34. The summed E-state index contributed by atoms with van der Waals surface area (Å²) in [6.45, 7) is 0.320. The molecule has 2 aromatic rings. The van der Waals surface area contributed by atoms with Gasteiger partial charge in [0.15, 0.2) is 5.82 Å². The Morgan fingerprint density at radius 2 is 2.12 bits per heavy atom. The maximum absolute atomic E-state index is 13.1. The van der Waals surface area contributed by atoms with Crippen molar-refractivity contribution in [2.24, 2.45) is 0 Å². The highest BCUT2D eigenvalue weighted by Gasteiger charge is 2.08. The average Bonchev–Trinajstić information content (AvgIpc) is 2.74. The van der Waals surface area contributed by atoms with Gasteiger partial charge in [-0.3, -0.25) is 0 Å². The molecule has 2 rings (SSSR count). The van der Waals surface area contributed by atoms with Gasteiger partial charge < -0.3 is 15.5 Å². The predicted molar refractivity (Wildman–Crippen MR) is 56.8 cm³/mol. The molecule has 0 atom stereocenters. The van der Waals surface area contributed by atoms with E-state index in [2.05, 4.69) is 5.32 Å². The van der Waals surface area contributed by atoms with E-state index in [0.29, 0.717) is 12.3 Å². The predicted octanol–water partition coefficient (Wildman–Crippen LogP) is 2.75. The van der Waals surface area contributed by atoms with E-state index < -0.39 is 11.6 Å². The van der Waals surface area contributed by atoms with Crippen LogP contribution in [0.5, 0.6) is 0 Å². The lowest BCUT2D eigenvalue weighted by molar-refractivity contribution is 0.518. The molecule has 0 bridgehead atoms. The molecule has 0 aliphatic rings. The fourth-order valence-corrected chi connectivity index (χ4v) is 1.33. The van der Waals surface area contributed by atoms with Crippen LogP contribution in [0.25, 0.3) is 0 Å². The lowest BCUT2D eigenvalue weighted by atomic mass is 10.2. The number of rotatable bonds is 3. The summed E-state index contributed by atoms with van der Waals surface area (Å²) < 4.78 is 31.1. The van der Waals surface area contributed by atoms with Gasteiger partial charge in [-0.2, -0.15) is 0 Å². The van der Waals surface area contributed by atoms with Crippen LogP contribution >= 0.6 is 0 Å². The molecule has 3 nitrogen and oxygen atoms in total. The highest BCUT2D eigenvalue weighted by molar-refractivity contribution is 5.66. The smallest absolute Gasteiger partial charge is 0.151 e. The number of nitrogens with two attached hydrogens (primary N) is 1. The zero-order valence-corrected chi connectivity index (χ0v) is 8.34. The van der Waals surface area contributed by atoms with Crippen LogP contribution in [0.1, 0.15) is 5.76 Å². The minimum absolute atomic E-state index is 0.104. The third-order valence-electron chi connectivity index (χ3n) is 2.13. The Morgan fingerprint density at radius 3 is 2.81 bits per heavy atom. The molecule has 0 amide bonds. The molecule has 0 spiro atoms. The highest BCUT2D eigenvalue weighted by Crippen LogP contribution is 2.23. The molecule has 0 saturated heterocycles. The molecular formula is C11H10F2N2O. The first kappa shape index (κ1) is 10.5. The summed E-state index contributed by atoms with van der Waals surface area (Å²) >= 11 is 0. The molecule has 5 heteroatoms. The Morgan fingerprint density at radius 1 is 1.31 bits per heavy atom. The van der Waals surface area contributed by atoms with Gasteiger partial charge in [0.25, 0.3) is 0 Å². The third kappa shape index (κ3) is 2.13. The maximum Gasteiger partial charge on any atom is 0.151 e. The number of nitrogens with one attached hydrogen (secondary N) is 1. The second-order valence-corrected chi connectivity index (χ2v) is 3.28. The molecule has 1 aromatic carbocycles. The number of hydrogen-bond donors (Lipinski definition) is 2. The second kappa shape index (κ2) is 4.22. The van der Waals surface area contributed by atoms with Crippen molar-refractivity contribution in [2.45, 2.75) is 6.54 Å². The largest absolute Gasteiger partial charge is 0.467 e. The first-order valence-electron chi connectivity index (χ1n) is 4.67. The third-order valence-corrected chi connectivity index (χ3v) is 2.13. The van der Waals surface area contributed by atoms with Gasteiger partial charge in [-0.15, -0.1) is 0 Å². The Bertz CT molecular complexity index is 483. The highest BCUT2D eigenvalue weighted by atomic mass is 19.1. The molecular weight excluding hydrogens is 214 g/mol. The molecule has 0 unspecified atom stereocenters. The summed E-state index contributed by atoms with van der Waals surface area (Å²) in [4.78, 5) is 0. The number of halogens is 2. The van der Waals surface area contributed by atoms with E-state index in [1.165, 1.54) is 6.26 Å². The van der Waals surface area contributed by atoms with Gasteiger partial charge in [0.05, 0.1) is 24.2 Å². The average molecular weight is 224 g/mol. The van der Waals surface area contributed by atoms with Crippen LogP contribution < -0.4 is 11.1 Å². The van der Waals surface area contributed by atoms with Gasteiger partial charge in [-0.25, -0.2) is 8.78 Å². The van der Waals surface area contributed by atoms with Gasteiger partial charge in [-0.05, 0) is 18.2 Å². The van der Waals surface area contributed by atoms with E-state index in [0.717, 1.165) is 12.1 Å². The molecule has 0 fully saturated rings. The number of hydrogen-bond acceptors (Lipinski definition) is 3. The lowest BCUT2D eigenvalue weighted by Crippen LogP contribution is -2.04. The Balaban J connectivity index is 2.15. The van der Waals surface area contributed by atoms with Crippen molar-refractivity contribution in [2.75, 3.05) is 11.1 Å². The van der Waals surface area contributed by atoms with Crippen LogP contribution in [0, 0.1) is 11.6 Å². The summed E-state index contributed by atoms with van der Waals surface area (Å²) in [6, 6.07) is 5.36. The normalized spacial score (nSPS) is 10.4. The molecule has 84 valence electrons. The fraction of sp³-hybridized carbons (Fsp3) is 0.0909. The molecule has 0 saturated carbocycles. The second-order valence-electron chi connectivity index (χ2n) is 3.28. The first-order chi connectivity index (χ1) is 7.66. The number of nitrogen functional groups attached to an aromatic ring is 1. The van der Waals surface area contributed by atoms with Crippen LogP contribution in [0.4, 0.5) is 20.2 Å². The molecule has 1 aromatic heterocycles. The fourth-order valence-electron chi connectivity index (χ4n) is 1.33. The van der Waals surface area contributed by atoms with Crippen molar-refractivity contribution < 1.29 is 13.2 Å². The number of anilines is 2. The minimum atomic E-state index is -0.776. The van der Waals surface area contributed by atoms with Gasteiger partial charge in [-0.1, -0.05) is 0 Å². The maximum atomic E-state index is 13.1. The minimum Gasteiger partial charge on any atom is -0.467 e. The van der Waals surface area contributed by atoms with Crippen LogP contribution in [-0.4, -0.2) is 0 Å². The van der Waals surface area contributed by atoms with Crippen molar-refractivity contribution in [1.82, 2.24) is 0 Å². The summed E-state index contributed by atoms with van der Waals surface area (Å²) in [6.07, 6.45) is 1.52. The van der Waals surface area contributed by atoms with E-state index in [4.69, 9.17) is 10.2 Å². The molecule has 0 aliphatic carbocycles. The topological polar surface area (TPSA) is 51.2 Å². The van der Waals surface area contributed by atoms with Crippen LogP contribution in [0.3, 0.4) is 0 Å². The standard InChI is InChI=1S/C11H10F2N2O/c12-7-4-9(13)11(14)10(5-7)15-6-8-2-1-3-16-8/h1-5,15H,6,14H2. The van der Waals surface area contributed by atoms with E-state index >= 15 is 0 Å². The summed E-state index contributed by atoms with van der Waals surface area (Å²) in [7, 11) is 0. The molecule has 0 radical (unpaired) electrons. The van der Waals surface area contributed by atoms with Crippen molar-refractivity contribution >= 4 is 11.4 Å². The molecule has 16 heavy (non-hydrogen) atoms. The molecule has 0 aliphatic heterocycles. The van der Waals surface area contributed by atoms with Crippen molar-refractivity contribution in [3.05, 3.63) is 47.9 Å². The quantitative estimate of drug-likeness (QED) is 0.788. The monoisotopic (exact) mass is 224 g/mol. The van der Waals surface area contributed by atoms with E-state index in [1.54, 1.807) is 12.1 Å². The molecule has 1 heterocycles. The summed E-state index contributed by atoms with van der Waals surface area (Å²) in [5, 5.41) is 2.80. The van der Waals surface area contributed by atoms with E-state index in [-0.39, 0.29) is 11.4 Å². The van der Waals surface area contributed by atoms with Crippen LogP contribution in [-0.2, 0) is 6.54 Å². The van der Waals surface area contributed by atoms with Crippen LogP contribution in [0.2, 0.25) is 0 Å². The Hall–Kier alpha value is -2.04. The van der Waals surface area contributed by atoms with Gasteiger partial charge in [0, 0.05) is 6.07 Å². The van der Waals surface area contributed by atoms with E-state index in [9.17, 15) is 8.78 Å². The van der Waals surface area contributed by atoms with Crippen molar-refractivity contribution in [1.29, 1.82) is 0 Å². The Labute approximate surface area is 90.9 Å². The number of benzene rings is 1. The zero-order chi connectivity index (χ0) is 11.5. The number of furan rings is 1. The van der Waals surface area contributed by atoms with Gasteiger partial charge in [0.1, 0.15) is 11.6 Å². The van der Waals surface area contributed by atoms with Crippen molar-refractivity contribution in [3.63, 3.8) is 0 Å². The van der Waals surface area contributed by atoms with Crippen LogP contribution in [0.15, 0.2) is 34.9 Å². The first-order valence-corrected chi connectivity index (χ1v) is 4.67. The Kier molecular flexibility index (Phi) is 2.76. The van der Waals surface area contributed by atoms with Crippen molar-refractivity contribution in [3.8, 4) is 0 Å². The van der Waals surface area contributed by atoms with Gasteiger partial charge in [0.2, 0.25) is 0 Å². The summed E-state index contributed by atoms with van der Waals surface area (Å²) in [5.41, 5.74) is 5.57. The van der Waals surface area contributed by atoms with E-state index in [1.807, 2.05) is 0 Å². The molecule has 3 N–H and O–H groups in total.